The third-order valence-electron chi connectivity index (χ3n) is 5.33. The van der Waals surface area contributed by atoms with Crippen molar-refractivity contribution in [2.24, 2.45) is 5.41 Å². The minimum atomic E-state index is -0.285. The lowest BCUT2D eigenvalue weighted by molar-refractivity contribution is -0.207. The van der Waals surface area contributed by atoms with Crippen LogP contribution in [0, 0.1) is 5.41 Å². The molecule has 5 nitrogen and oxygen atoms in total. The number of ether oxygens (including phenoxy) is 1. The molecule has 1 aliphatic carbocycles. The molecule has 1 N–H and O–H groups in total. The van der Waals surface area contributed by atoms with Crippen molar-refractivity contribution in [1.82, 2.24) is 9.88 Å². The van der Waals surface area contributed by atoms with Crippen molar-refractivity contribution in [3.05, 3.63) is 16.1 Å². The summed E-state index contributed by atoms with van der Waals surface area (Å²) in [6, 6.07) is 0. The first-order valence-corrected chi connectivity index (χ1v) is 9.52. The highest BCUT2D eigenvalue weighted by atomic mass is 32.1. The summed E-state index contributed by atoms with van der Waals surface area (Å²) in [6.45, 7) is 6.15. The average Bonchev–Trinajstić information content (AvgIpc) is 3.03. The Hall–Kier alpha value is -0.980. The van der Waals surface area contributed by atoms with E-state index in [0.29, 0.717) is 25.4 Å². The standard InChI is InChI=1S/C17H26N2O3S/c1-3-5-15-18-12(11-23-15)16(21)19-8-6-17(7-9-19)13(20)10-14(17)22-4-2/h11,13-14,20H,3-10H2,1-2H3/t13-,14+/m0/s1. The molecule has 3 rings (SSSR count). The maximum atomic E-state index is 12.6. The predicted molar refractivity (Wildman–Crippen MR) is 89.7 cm³/mol. The van der Waals surface area contributed by atoms with Gasteiger partial charge in [0.1, 0.15) is 5.69 Å². The van der Waals surface area contributed by atoms with E-state index in [2.05, 4.69) is 11.9 Å². The SMILES string of the molecule is CCCc1nc(C(=O)N2CCC3(CC2)[C@@H](O)C[C@H]3OCC)cs1. The number of carbonyl (C=O) groups excluding carboxylic acids is 1. The second kappa shape index (κ2) is 6.87. The van der Waals surface area contributed by atoms with Crippen LogP contribution in [0.25, 0.3) is 0 Å². The highest BCUT2D eigenvalue weighted by Crippen LogP contribution is 2.51. The topological polar surface area (TPSA) is 62.7 Å². The smallest absolute Gasteiger partial charge is 0.273 e. The van der Waals surface area contributed by atoms with Crippen LogP contribution in [0.5, 0.6) is 0 Å². The summed E-state index contributed by atoms with van der Waals surface area (Å²) in [5.74, 6) is 0.0280. The first kappa shape index (κ1) is 16.9. The van der Waals surface area contributed by atoms with Gasteiger partial charge in [0, 0.05) is 36.9 Å². The number of likely N-dealkylation sites (tertiary alicyclic amines) is 1. The van der Waals surface area contributed by atoms with Gasteiger partial charge in [0.25, 0.3) is 5.91 Å². The summed E-state index contributed by atoms with van der Waals surface area (Å²) >= 11 is 1.57. The molecule has 2 atom stereocenters. The Morgan fingerprint density at radius 1 is 1.48 bits per heavy atom. The maximum Gasteiger partial charge on any atom is 0.273 e. The molecule has 2 heterocycles. The molecule has 1 aromatic heterocycles. The van der Waals surface area contributed by atoms with Gasteiger partial charge in [-0.2, -0.15) is 0 Å². The van der Waals surface area contributed by atoms with Crippen LogP contribution in [0.1, 0.15) is 55.0 Å². The first-order chi connectivity index (χ1) is 11.1. The highest BCUT2D eigenvalue weighted by Gasteiger charge is 2.56. The van der Waals surface area contributed by atoms with Gasteiger partial charge in [-0.1, -0.05) is 6.92 Å². The maximum absolute atomic E-state index is 12.6. The van der Waals surface area contributed by atoms with Crippen LogP contribution in [-0.4, -0.2) is 52.8 Å². The number of aryl methyl sites for hydroxylation is 1. The van der Waals surface area contributed by atoms with E-state index in [1.165, 1.54) is 0 Å². The van der Waals surface area contributed by atoms with E-state index in [4.69, 9.17) is 4.74 Å². The van der Waals surface area contributed by atoms with Crippen LogP contribution < -0.4 is 0 Å². The van der Waals surface area contributed by atoms with E-state index < -0.39 is 0 Å². The number of carbonyl (C=O) groups is 1. The molecule has 1 aromatic rings. The number of amides is 1. The molecule has 2 fully saturated rings. The lowest BCUT2D eigenvalue weighted by Crippen LogP contribution is -2.62. The summed E-state index contributed by atoms with van der Waals surface area (Å²) in [4.78, 5) is 18.9. The van der Waals surface area contributed by atoms with Gasteiger partial charge in [0.05, 0.1) is 17.2 Å². The second-order valence-electron chi connectivity index (χ2n) is 6.60. The summed E-state index contributed by atoms with van der Waals surface area (Å²) in [5, 5.41) is 13.1. The van der Waals surface area contributed by atoms with Gasteiger partial charge in [-0.25, -0.2) is 4.98 Å². The number of aromatic nitrogens is 1. The van der Waals surface area contributed by atoms with E-state index >= 15 is 0 Å². The van der Waals surface area contributed by atoms with Gasteiger partial charge >= 0.3 is 0 Å². The highest BCUT2D eigenvalue weighted by molar-refractivity contribution is 7.09. The molecule has 1 aliphatic heterocycles. The molecule has 0 unspecified atom stereocenters. The molecule has 0 radical (unpaired) electrons. The lowest BCUT2D eigenvalue weighted by atomic mass is 9.58. The van der Waals surface area contributed by atoms with Crippen LogP contribution in [0.15, 0.2) is 5.38 Å². The largest absolute Gasteiger partial charge is 0.392 e. The Balaban J connectivity index is 1.60. The van der Waals surface area contributed by atoms with Crippen molar-refractivity contribution >= 4 is 17.2 Å². The molecule has 1 spiro atoms. The van der Waals surface area contributed by atoms with Crippen LogP contribution in [0.2, 0.25) is 0 Å². The van der Waals surface area contributed by atoms with Gasteiger partial charge in [0.15, 0.2) is 0 Å². The van der Waals surface area contributed by atoms with Gasteiger partial charge < -0.3 is 14.7 Å². The Kier molecular flexibility index (Phi) is 5.04. The Morgan fingerprint density at radius 3 is 2.83 bits per heavy atom. The summed E-state index contributed by atoms with van der Waals surface area (Å²) in [6.07, 6.45) is 4.20. The Bertz CT molecular complexity index is 550. The zero-order chi connectivity index (χ0) is 16.4. The molecule has 128 valence electrons. The van der Waals surface area contributed by atoms with Crippen LogP contribution in [0.4, 0.5) is 0 Å². The van der Waals surface area contributed by atoms with Crippen molar-refractivity contribution in [3.8, 4) is 0 Å². The van der Waals surface area contributed by atoms with Crippen LogP contribution in [-0.2, 0) is 11.2 Å². The van der Waals surface area contributed by atoms with Crippen molar-refractivity contribution in [2.45, 2.75) is 58.2 Å². The fourth-order valence-corrected chi connectivity index (χ4v) is 4.72. The normalized spacial score (nSPS) is 26.3. The molecule has 1 amide bonds. The molecular weight excluding hydrogens is 312 g/mol. The predicted octanol–water partition coefficient (Wildman–Crippen LogP) is 2.49. The van der Waals surface area contributed by atoms with Gasteiger partial charge in [-0.15, -0.1) is 11.3 Å². The number of aliphatic hydroxyl groups excluding tert-OH is 1. The van der Waals surface area contributed by atoms with E-state index in [-0.39, 0.29) is 23.5 Å². The summed E-state index contributed by atoms with van der Waals surface area (Å²) < 4.78 is 5.78. The molecule has 6 heteroatoms. The molecule has 0 bridgehead atoms. The Labute approximate surface area is 141 Å². The van der Waals surface area contributed by atoms with Crippen LogP contribution in [0.3, 0.4) is 0 Å². The molecule has 23 heavy (non-hydrogen) atoms. The van der Waals surface area contributed by atoms with E-state index in [1.807, 2.05) is 17.2 Å². The fraction of sp³-hybridized carbons (Fsp3) is 0.765. The van der Waals surface area contributed by atoms with Crippen molar-refractivity contribution < 1.29 is 14.6 Å². The van der Waals surface area contributed by atoms with Crippen molar-refractivity contribution in [1.29, 1.82) is 0 Å². The summed E-state index contributed by atoms with van der Waals surface area (Å²) in [7, 11) is 0. The lowest BCUT2D eigenvalue weighted by Gasteiger charge is -2.56. The first-order valence-electron chi connectivity index (χ1n) is 8.64. The van der Waals surface area contributed by atoms with Crippen LogP contribution >= 0.6 is 11.3 Å². The second-order valence-corrected chi connectivity index (χ2v) is 7.54. The van der Waals surface area contributed by atoms with Crippen molar-refractivity contribution in [3.63, 3.8) is 0 Å². The zero-order valence-electron chi connectivity index (χ0n) is 14.0. The molecule has 1 saturated heterocycles. The number of thiazole rings is 1. The van der Waals surface area contributed by atoms with Gasteiger partial charge in [-0.3, -0.25) is 4.79 Å². The van der Waals surface area contributed by atoms with E-state index in [1.54, 1.807) is 11.3 Å². The number of hydrogen-bond donors (Lipinski definition) is 1. The van der Waals surface area contributed by atoms with Gasteiger partial charge in [-0.05, 0) is 32.6 Å². The fourth-order valence-electron chi connectivity index (χ4n) is 3.84. The number of aliphatic hydroxyl groups is 1. The minimum absolute atomic E-state index is 0.0280. The third kappa shape index (κ3) is 3.04. The average molecular weight is 338 g/mol. The summed E-state index contributed by atoms with van der Waals surface area (Å²) in [5.41, 5.74) is 0.437. The van der Waals surface area contributed by atoms with Gasteiger partial charge in [0.2, 0.25) is 0 Å². The Morgan fingerprint density at radius 2 is 2.22 bits per heavy atom. The van der Waals surface area contributed by atoms with E-state index in [9.17, 15) is 9.90 Å². The molecule has 1 saturated carbocycles. The number of nitrogens with zero attached hydrogens (tertiary/aromatic N) is 2. The monoisotopic (exact) mass is 338 g/mol. The molecule has 2 aliphatic rings. The molecular formula is C17H26N2O3S. The number of hydrogen-bond acceptors (Lipinski definition) is 5. The molecule has 0 aromatic carbocycles. The number of rotatable bonds is 5. The number of piperidine rings is 1. The third-order valence-corrected chi connectivity index (χ3v) is 6.23. The zero-order valence-corrected chi connectivity index (χ0v) is 14.8. The van der Waals surface area contributed by atoms with Crippen molar-refractivity contribution in [2.75, 3.05) is 19.7 Å². The van der Waals surface area contributed by atoms with E-state index in [0.717, 1.165) is 37.1 Å². The minimum Gasteiger partial charge on any atom is -0.392 e. The quantitative estimate of drug-likeness (QED) is 0.896.